The van der Waals surface area contributed by atoms with Crippen LogP contribution in [0.3, 0.4) is 0 Å². The van der Waals surface area contributed by atoms with Gasteiger partial charge in [-0.25, -0.2) is 9.11 Å². The molecule has 2 N–H and O–H groups in total. The molecule has 3 amide bonds. The van der Waals surface area contributed by atoms with Gasteiger partial charge in [-0.15, -0.1) is 6.58 Å². The minimum atomic E-state index is -4.08. The molecule has 8 fully saturated rings. The van der Waals surface area contributed by atoms with Gasteiger partial charge in [-0.3, -0.25) is 28.9 Å². The zero-order chi connectivity index (χ0) is 44.1. The summed E-state index contributed by atoms with van der Waals surface area (Å²) in [5, 5.41) is 3.19. The van der Waals surface area contributed by atoms with Crippen LogP contribution in [0.4, 0.5) is 4.39 Å². The van der Waals surface area contributed by atoms with Crippen LogP contribution in [-0.2, 0) is 38.9 Å². The molecule has 15 heteroatoms. The Morgan fingerprint density at radius 1 is 0.839 bits per heavy atom. The number of alkyl halides is 1. The van der Waals surface area contributed by atoms with Gasteiger partial charge >= 0.3 is 10.2 Å². The average Bonchev–Trinajstić information content (AvgIpc) is 3.70. The van der Waals surface area contributed by atoms with Gasteiger partial charge in [0, 0.05) is 63.6 Å². The second-order valence-electron chi connectivity index (χ2n) is 21.1. The van der Waals surface area contributed by atoms with Crippen LogP contribution >= 0.6 is 0 Å². The number of piperidine rings is 1. The first-order valence-electron chi connectivity index (χ1n) is 24.1. The van der Waals surface area contributed by atoms with E-state index in [-0.39, 0.29) is 76.8 Å². The predicted octanol–water partition coefficient (Wildman–Crippen LogP) is 5.28. The zero-order valence-electron chi connectivity index (χ0n) is 37.3. The van der Waals surface area contributed by atoms with Gasteiger partial charge in [-0.1, -0.05) is 52.0 Å². The van der Waals surface area contributed by atoms with Gasteiger partial charge in [0.25, 0.3) is 0 Å². The molecule has 346 valence electrons. The third-order valence-corrected chi connectivity index (χ3v) is 19.6. The van der Waals surface area contributed by atoms with Crippen LogP contribution in [0, 0.1) is 45.3 Å². The van der Waals surface area contributed by atoms with Gasteiger partial charge in [0.15, 0.2) is 11.6 Å². The molecule has 8 rings (SSSR count). The molecule has 0 aromatic carbocycles. The number of fused-ring (bicyclic) bond motifs is 1. The van der Waals surface area contributed by atoms with E-state index in [4.69, 9.17) is 4.74 Å². The van der Waals surface area contributed by atoms with Crippen molar-refractivity contribution in [3.63, 3.8) is 0 Å². The van der Waals surface area contributed by atoms with E-state index in [2.05, 4.69) is 30.5 Å². The van der Waals surface area contributed by atoms with E-state index in [1.165, 1.54) is 4.31 Å². The van der Waals surface area contributed by atoms with Gasteiger partial charge in [0.2, 0.25) is 17.7 Å². The molecule has 7 atom stereocenters. The van der Waals surface area contributed by atoms with E-state index in [0.29, 0.717) is 71.5 Å². The number of Topliss-reactive ketones (excluding diaryl/α,β-unsaturated/α-hetero) is 2. The maximum Gasteiger partial charge on any atom is 0.303 e. The number of ether oxygens (including phenoxy) is 1. The lowest BCUT2D eigenvalue weighted by atomic mass is 9.73. The summed E-state index contributed by atoms with van der Waals surface area (Å²) in [6, 6.07) is -2.10. The number of nitrogens with zero attached hydrogens (tertiary/aromatic N) is 3. The fourth-order valence-corrected chi connectivity index (χ4v) is 15.2. The minimum absolute atomic E-state index is 0.00513. The van der Waals surface area contributed by atoms with Crippen molar-refractivity contribution in [1.82, 2.24) is 24.1 Å². The number of rotatable bonds is 17. The molecule has 4 heterocycles. The van der Waals surface area contributed by atoms with Crippen LogP contribution in [0.25, 0.3) is 0 Å². The van der Waals surface area contributed by atoms with E-state index in [9.17, 15) is 32.0 Å². The summed E-state index contributed by atoms with van der Waals surface area (Å²) in [5.74, 6) is -2.92. The van der Waals surface area contributed by atoms with Crippen molar-refractivity contribution in [3.8, 4) is 0 Å². The minimum Gasteiger partial charge on any atom is -0.381 e. The summed E-state index contributed by atoms with van der Waals surface area (Å²) < 4.78 is 49.5. The monoisotopic (exact) mass is 886 g/mol. The lowest BCUT2D eigenvalue weighted by molar-refractivity contribution is -0.146. The Morgan fingerprint density at radius 2 is 1.52 bits per heavy atom. The van der Waals surface area contributed by atoms with E-state index >= 15 is 4.79 Å². The number of allylic oxidation sites excluding steroid dienone is 1. The number of likely N-dealkylation sites (tertiary alicyclic amines) is 2. The summed E-state index contributed by atoms with van der Waals surface area (Å²) in [7, 11) is -4.08. The highest BCUT2D eigenvalue weighted by atomic mass is 32.2. The third-order valence-electron chi connectivity index (χ3n) is 18.1. The topological polar surface area (TPSA) is 162 Å². The Kier molecular flexibility index (Phi) is 13.2. The molecule has 0 aromatic rings. The molecule has 0 bridgehead atoms. The molecular formula is C47H72FN5O8S. The largest absolute Gasteiger partial charge is 0.381 e. The van der Waals surface area contributed by atoms with E-state index in [1.54, 1.807) is 11.0 Å². The molecule has 0 aromatic heterocycles. The fraction of sp³-hybridized carbons (Fsp3) is 0.851. The second-order valence-corrected chi connectivity index (χ2v) is 22.7. The number of carbonyl (C=O) groups is 5. The quantitative estimate of drug-likeness (QED) is 0.185. The highest BCUT2D eigenvalue weighted by Gasteiger charge is 2.85. The molecule has 4 saturated heterocycles. The molecule has 4 aliphatic heterocycles. The molecule has 8 aliphatic rings. The Morgan fingerprint density at radius 3 is 2.13 bits per heavy atom. The van der Waals surface area contributed by atoms with Crippen molar-refractivity contribution in [2.75, 3.05) is 52.6 Å². The van der Waals surface area contributed by atoms with Gasteiger partial charge in [0.1, 0.15) is 6.67 Å². The summed E-state index contributed by atoms with van der Waals surface area (Å²) in [4.78, 5) is 77.2. The summed E-state index contributed by atoms with van der Waals surface area (Å²) in [6.07, 6.45) is 14.8. The molecule has 62 heavy (non-hydrogen) atoms. The zero-order valence-corrected chi connectivity index (χ0v) is 38.1. The van der Waals surface area contributed by atoms with Crippen molar-refractivity contribution in [3.05, 3.63) is 12.7 Å². The molecule has 0 radical (unpaired) electrons. The number of hydrogen-bond acceptors (Lipinski definition) is 9. The molecule has 2 spiro atoms. The van der Waals surface area contributed by atoms with E-state index < -0.39 is 52.2 Å². The fourth-order valence-electron chi connectivity index (χ4n) is 13.9. The normalized spacial score (nSPS) is 33.4. The van der Waals surface area contributed by atoms with Crippen LogP contribution in [0.1, 0.15) is 136 Å². The molecule has 13 nitrogen and oxygen atoms in total. The van der Waals surface area contributed by atoms with Crippen LogP contribution in [-0.4, -0.2) is 123 Å². The number of halogens is 1. The van der Waals surface area contributed by atoms with E-state index in [0.717, 1.165) is 77.0 Å². The van der Waals surface area contributed by atoms with Crippen LogP contribution in [0.2, 0.25) is 0 Å². The predicted molar refractivity (Wildman–Crippen MR) is 231 cm³/mol. The standard InChI is InChI=1S/C47H72FN5O8S/c1-4-34-28-45(34,43(58)50-62(59,60)52-22-10-11-23-52)30-39(55)37-29-47(44(2,3)46(47)18-12-19-46)31-53(37)42(57)35(32-16-25-61-26-17-32)27-38(54)40(33-13-6-5-7-14-33)49-41(56)36-15-8-9-21-51(36)24-20-48/h4,32-37,40H,1,5-31H2,2-3H3,(H,49,56)(H,50,58)/t34-,35+,36+,37+,40?,45-,47-/m1/s1. The summed E-state index contributed by atoms with van der Waals surface area (Å²) in [5.41, 5.74) is -1.68. The third kappa shape index (κ3) is 8.02. The molecule has 1 unspecified atom stereocenters. The molecule has 4 aliphatic carbocycles. The number of carbonyl (C=O) groups excluding carboxylic acids is 5. The van der Waals surface area contributed by atoms with Gasteiger partial charge in [0.05, 0.1) is 23.5 Å². The van der Waals surface area contributed by atoms with Gasteiger partial charge in [-0.05, 0) is 112 Å². The lowest BCUT2D eigenvalue weighted by Crippen LogP contribution is -2.56. The van der Waals surface area contributed by atoms with Crippen LogP contribution < -0.4 is 10.0 Å². The smallest absolute Gasteiger partial charge is 0.303 e. The maximum absolute atomic E-state index is 15.6. The van der Waals surface area contributed by atoms with E-state index in [1.807, 2.05) is 4.90 Å². The van der Waals surface area contributed by atoms with Crippen molar-refractivity contribution < 1.29 is 41.5 Å². The number of nitrogens with one attached hydrogen (secondary N) is 2. The van der Waals surface area contributed by atoms with Crippen molar-refractivity contribution in [2.45, 2.75) is 154 Å². The first-order valence-corrected chi connectivity index (χ1v) is 25.6. The Balaban J connectivity index is 1.07. The van der Waals surface area contributed by atoms with Gasteiger partial charge < -0.3 is 15.0 Å². The highest BCUT2D eigenvalue weighted by molar-refractivity contribution is 7.87. The second kappa shape index (κ2) is 17.9. The average molecular weight is 886 g/mol. The number of amides is 3. The first kappa shape index (κ1) is 45.8. The number of ketones is 2. The van der Waals surface area contributed by atoms with Crippen molar-refractivity contribution in [1.29, 1.82) is 0 Å². The Bertz CT molecular complexity index is 1850. The van der Waals surface area contributed by atoms with Crippen LogP contribution in [0.15, 0.2) is 12.7 Å². The lowest BCUT2D eigenvalue weighted by Gasteiger charge is -2.38. The molecular weight excluding hydrogens is 814 g/mol. The van der Waals surface area contributed by atoms with Crippen molar-refractivity contribution in [2.24, 2.45) is 45.3 Å². The SMILES string of the molecule is C=C[C@@H]1C[C@]1(CC(=O)[C@@H]1C[C@@]2(CN1C(=O)[C@@H](CC(=O)C(NC(=O)[C@@H]1CCCCN1CCF)C1CCCCC1)C1CCOCC1)C(C)(C)C21CCC1)C(=O)NS(=O)(=O)N1CCCC1. The summed E-state index contributed by atoms with van der Waals surface area (Å²) in [6.45, 7) is 10.7. The first-order chi connectivity index (χ1) is 29.6. The maximum atomic E-state index is 15.6. The number of hydrogen-bond donors (Lipinski definition) is 2. The Labute approximate surface area is 368 Å². The van der Waals surface area contributed by atoms with Gasteiger partial charge in [-0.2, -0.15) is 12.7 Å². The molecule has 4 saturated carbocycles. The Hall–Kier alpha value is -2.75. The van der Waals surface area contributed by atoms with Crippen molar-refractivity contribution >= 4 is 39.5 Å². The highest BCUT2D eigenvalue weighted by Crippen LogP contribution is 2.88. The summed E-state index contributed by atoms with van der Waals surface area (Å²) >= 11 is 0. The van der Waals surface area contributed by atoms with Crippen LogP contribution in [0.5, 0.6) is 0 Å².